The highest BCUT2D eigenvalue weighted by Crippen LogP contribution is 2.24. The molecule has 0 spiro atoms. The molecule has 2 saturated heterocycles. The number of fused-ring (bicyclic) bond motifs is 2. The van der Waals surface area contributed by atoms with Crippen LogP contribution < -0.4 is 25.9 Å². The number of carbonyl (C=O) groups is 2. The molecule has 2 amide bonds. The zero-order valence-electron chi connectivity index (χ0n) is 43.0. The van der Waals surface area contributed by atoms with Gasteiger partial charge in [-0.1, -0.05) is 166 Å². The SMILES string of the molecule is C.C.CCc1nc2cc(-c3ccccc3)ccn2c1C(=O)NCc1ccc(N2CCOCC2)cc1.CCc1nc2cc(Br)ccn2c1C(=O)NCc1ccc(N2CCOCC2)cc1.OB(O)c1ccccc1.[HH].[HH].[HH].c1ccccc1. The topological polar surface area (TPSA) is 158 Å². The summed E-state index contributed by atoms with van der Waals surface area (Å²) >= 11 is 3.46. The fraction of sp³-hybridized carbons (Fsp3) is 0.258. The van der Waals surface area contributed by atoms with E-state index in [2.05, 4.69) is 102 Å². The third-order valence-electron chi connectivity index (χ3n) is 12.9. The number of morpholine rings is 2. The van der Waals surface area contributed by atoms with Gasteiger partial charge in [-0.05, 0) is 89.1 Å². The highest BCUT2D eigenvalue weighted by molar-refractivity contribution is 9.10. The Morgan fingerprint density at radius 2 is 0.949 bits per heavy atom. The second-order valence-electron chi connectivity index (χ2n) is 17.9. The van der Waals surface area contributed by atoms with Gasteiger partial charge < -0.3 is 40.0 Å². The normalized spacial score (nSPS) is 12.7. The average molecular weight is 1120 g/mol. The maximum absolute atomic E-state index is 13.1. The van der Waals surface area contributed by atoms with Crippen LogP contribution in [0.3, 0.4) is 0 Å². The molecule has 5 aromatic carbocycles. The van der Waals surface area contributed by atoms with E-state index in [1.807, 2.05) is 120 Å². The minimum atomic E-state index is -1.34. The summed E-state index contributed by atoms with van der Waals surface area (Å²) in [6.45, 7) is 11.7. The van der Waals surface area contributed by atoms with Crippen molar-refractivity contribution in [2.75, 3.05) is 62.4 Å². The van der Waals surface area contributed by atoms with E-state index in [0.29, 0.717) is 42.8 Å². The van der Waals surface area contributed by atoms with E-state index in [1.54, 1.807) is 24.3 Å². The Balaban J connectivity index is 0.000000324. The molecule has 4 N–H and O–H groups in total. The number of ether oxygens (including phenoxy) is 2. The van der Waals surface area contributed by atoms with E-state index in [0.717, 1.165) is 102 Å². The van der Waals surface area contributed by atoms with Crippen molar-refractivity contribution in [3.05, 3.63) is 221 Å². The number of benzene rings is 5. The number of nitrogens with one attached hydrogen (secondary N) is 2. The molecule has 2 aliphatic heterocycles. The minimum absolute atomic E-state index is 0. The number of carbonyl (C=O) groups excluding carboxylic acids is 2. The number of hydrogen-bond donors (Lipinski definition) is 4. The number of aromatic nitrogens is 4. The zero-order valence-corrected chi connectivity index (χ0v) is 44.6. The van der Waals surface area contributed by atoms with Gasteiger partial charge in [-0.3, -0.25) is 18.4 Å². The highest BCUT2D eigenvalue weighted by atomic mass is 79.9. The standard InChI is InChI=1S/C27H28N4O2.C21H23BrN4O2.C6H7BO2.C6H6.2CH4.3H2/c1-2-24-26(31-13-12-22(18-25(31)29-24)21-6-4-3-5-7-21)27(32)28-19-20-8-10-23(11-9-20)30-14-16-33-17-15-30;1-2-18-20(26-8-7-16(22)13-19(26)24-18)21(27)23-14-15-3-5-17(6-4-15)25-9-11-28-12-10-25;8-7(9)6-4-2-1-3-5-6;1-2-4-6-5-3-1;;;;;/h3-13,18H,2,14-17,19H2,1H3,(H,28,32);3-8,13H,2,9-12,14H2,1H3,(H,23,27);1-5,8-9H;1-6H;2*1H4;3*1H. The molecule has 0 radical (unpaired) electrons. The van der Waals surface area contributed by atoms with Gasteiger partial charge in [0.2, 0.25) is 0 Å². The summed E-state index contributed by atoms with van der Waals surface area (Å²) in [4.78, 5) is 40.0. The Hall–Kier alpha value is -7.60. The van der Waals surface area contributed by atoms with Gasteiger partial charge in [-0.15, -0.1) is 0 Å². The molecular weight excluding hydrogens is 1040 g/mol. The molecule has 16 heteroatoms. The Morgan fingerprint density at radius 3 is 1.36 bits per heavy atom. The van der Waals surface area contributed by atoms with Crippen molar-refractivity contribution in [3.63, 3.8) is 0 Å². The molecule has 412 valence electrons. The van der Waals surface area contributed by atoms with E-state index < -0.39 is 7.12 Å². The van der Waals surface area contributed by atoms with Gasteiger partial charge in [-0.25, -0.2) is 9.97 Å². The average Bonchev–Trinajstić information content (AvgIpc) is 4.22. The summed E-state index contributed by atoms with van der Waals surface area (Å²) in [5.74, 6) is -0.215. The van der Waals surface area contributed by atoms with E-state index >= 15 is 0 Å². The lowest BCUT2D eigenvalue weighted by Gasteiger charge is -2.28. The van der Waals surface area contributed by atoms with Crippen molar-refractivity contribution in [2.24, 2.45) is 0 Å². The number of nitrogens with zero attached hydrogens (tertiary/aromatic N) is 6. The number of amides is 2. The third kappa shape index (κ3) is 16.2. The predicted octanol–water partition coefficient (Wildman–Crippen LogP) is 10.8. The summed E-state index contributed by atoms with van der Waals surface area (Å²) in [7, 11) is -1.34. The van der Waals surface area contributed by atoms with Crippen molar-refractivity contribution in [3.8, 4) is 11.1 Å². The van der Waals surface area contributed by atoms with Crippen molar-refractivity contribution in [2.45, 2.75) is 54.6 Å². The second kappa shape index (κ2) is 30.4. The molecule has 14 nitrogen and oxygen atoms in total. The van der Waals surface area contributed by atoms with Gasteiger partial charge in [0, 0.05) is 71.8 Å². The van der Waals surface area contributed by atoms with Gasteiger partial charge in [0.15, 0.2) is 0 Å². The smallest absolute Gasteiger partial charge is 0.423 e. The molecule has 0 atom stereocenters. The van der Waals surface area contributed by atoms with Gasteiger partial charge in [-0.2, -0.15) is 0 Å². The summed E-state index contributed by atoms with van der Waals surface area (Å²) in [6.07, 6.45) is 5.21. The van der Waals surface area contributed by atoms with Crippen molar-refractivity contribution in [1.82, 2.24) is 29.4 Å². The Labute approximate surface area is 472 Å². The van der Waals surface area contributed by atoms with E-state index in [4.69, 9.17) is 24.5 Å². The van der Waals surface area contributed by atoms with Gasteiger partial charge in [0.25, 0.3) is 11.8 Å². The molecule has 0 saturated carbocycles. The van der Waals surface area contributed by atoms with E-state index in [-0.39, 0.29) is 30.9 Å². The van der Waals surface area contributed by atoms with Crippen LogP contribution in [0.2, 0.25) is 0 Å². The maximum Gasteiger partial charge on any atom is 0.488 e. The summed E-state index contributed by atoms with van der Waals surface area (Å²) in [5, 5.41) is 23.3. The van der Waals surface area contributed by atoms with Crippen LogP contribution in [-0.4, -0.2) is 100 Å². The number of pyridine rings is 2. The zero-order chi connectivity index (χ0) is 53.1. The molecule has 0 aliphatic carbocycles. The molecule has 4 aromatic heterocycles. The minimum Gasteiger partial charge on any atom is -0.423 e. The van der Waals surface area contributed by atoms with Gasteiger partial charge >= 0.3 is 7.12 Å². The number of hydrogen-bond acceptors (Lipinski definition) is 10. The molecular formula is C62H78BBrN8O6. The monoisotopic (exact) mass is 1120 g/mol. The van der Waals surface area contributed by atoms with E-state index in [1.165, 1.54) is 11.4 Å². The summed E-state index contributed by atoms with van der Waals surface area (Å²) in [5.41, 5.74) is 11.6. The van der Waals surface area contributed by atoms with Crippen LogP contribution >= 0.6 is 15.9 Å². The van der Waals surface area contributed by atoms with Crippen LogP contribution in [0.15, 0.2) is 187 Å². The molecule has 6 heterocycles. The first kappa shape index (κ1) is 59.6. The van der Waals surface area contributed by atoms with Crippen LogP contribution in [0.4, 0.5) is 11.4 Å². The largest absolute Gasteiger partial charge is 0.488 e. The highest BCUT2D eigenvalue weighted by Gasteiger charge is 2.21. The molecule has 2 fully saturated rings. The molecule has 11 rings (SSSR count). The molecule has 78 heavy (non-hydrogen) atoms. The van der Waals surface area contributed by atoms with Crippen LogP contribution in [-0.2, 0) is 35.4 Å². The summed E-state index contributed by atoms with van der Waals surface area (Å²) < 4.78 is 15.5. The Kier molecular flexibility index (Phi) is 23.2. The lowest BCUT2D eigenvalue weighted by atomic mass is 9.81. The molecule has 0 bridgehead atoms. The lowest BCUT2D eigenvalue weighted by Crippen LogP contribution is -2.36. The maximum atomic E-state index is 13.1. The number of imidazole rings is 2. The van der Waals surface area contributed by atoms with Crippen molar-refractivity contribution >= 4 is 63.0 Å². The fourth-order valence-electron chi connectivity index (χ4n) is 8.78. The Bertz CT molecular complexity index is 3210. The van der Waals surface area contributed by atoms with Crippen molar-refractivity contribution < 1.29 is 33.4 Å². The fourth-order valence-corrected chi connectivity index (χ4v) is 9.10. The number of anilines is 2. The summed E-state index contributed by atoms with van der Waals surface area (Å²) in [6, 6.07) is 55.5. The first-order valence-electron chi connectivity index (χ1n) is 25.7. The molecule has 2 aliphatic rings. The number of aryl methyl sites for hydroxylation is 2. The van der Waals surface area contributed by atoms with Gasteiger partial charge in [0.05, 0.1) is 37.8 Å². The van der Waals surface area contributed by atoms with Crippen LogP contribution in [0.1, 0.15) is 76.5 Å². The van der Waals surface area contributed by atoms with Crippen LogP contribution in [0.25, 0.3) is 22.4 Å². The third-order valence-corrected chi connectivity index (χ3v) is 13.4. The molecule has 9 aromatic rings. The number of rotatable bonds is 12. The quantitative estimate of drug-likeness (QED) is 0.0868. The van der Waals surface area contributed by atoms with Gasteiger partial charge in [0.1, 0.15) is 22.7 Å². The van der Waals surface area contributed by atoms with Crippen LogP contribution in [0.5, 0.6) is 0 Å². The lowest BCUT2D eigenvalue weighted by molar-refractivity contribution is 0.0936. The van der Waals surface area contributed by atoms with Crippen LogP contribution in [0, 0.1) is 0 Å². The number of halogens is 1. The first-order valence-corrected chi connectivity index (χ1v) is 26.5. The van der Waals surface area contributed by atoms with Crippen molar-refractivity contribution in [1.29, 1.82) is 0 Å². The second-order valence-corrected chi connectivity index (χ2v) is 18.9. The van der Waals surface area contributed by atoms with E-state index in [9.17, 15) is 9.59 Å². The molecule has 0 unspecified atom stereocenters. The Morgan fingerprint density at radius 1 is 0.551 bits per heavy atom. The predicted molar refractivity (Wildman–Crippen MR) is 326 cm³/mol. The first-order chi connectivity index (χ1) is 37.2.